The molecule has 0 radical (unpaired) electrons. The van der Waals surface area contributed by atoms with Gasteiger partial charge in [-0.1, -0.05) is 24.6 Å². The van der Waals surface area contributed by atoms with Crippen LogP contribution in [0.2, 0.25) is 0 Å². The number of pyridine rings is 1. The smallest absolute Gasteiger partial charge is 0.253 e. The molecule has 4 rings (SSSR count). The second-order valence-electron chi connectivity index (χ2n) is 8.42. The topological polar surface area (TPSA) is 36.4 Å². The number of carbonyl (C=O) groups is 1. The SMILES string of the molecule is CCN(CC)C(=O)c1ccc(-c2ccc(C3CCN(C4CCC4)CC3)nc2)cc1.Cl.Cl. The van der Waals surface area contributed by atoms with Gasteiger partial charge in [-0.15, -0.1) is 24.8 Å². The van der Waals surface area contributed by atoms with Crippen LogP contribution < -0.4 is 0 Å². The zero-order valence-corrected chi connectivity index (χ0v) is 20.3. The Bertz CT molecular complexity index is 810. The minimum absolute atomic E-state index is 0. The monoisotopic (exact) mass is 463 g/mol. The Morgan fingerprint density at radius 2 is 1.55 bits per heavy atom. The molecule has 2 aliphatic rings. The Labute approximate surface area is 199 Å². The maximum Gasteiger partial charge on any atom is 0.253 e. The molecule has 0 unspecified atom stereocenters. The van der Waals surface area contributed by atoms with Gasteiger partial charge in [0.2, 0.25) is 0 Å². The fourth-order valence-corrected chi connectivity index (χ4v) is 4.63. The third kappa shape index (κ3) is 5.79. The third-order valence-electron chi connectivity index (χ3n) is 6.84. The number of likely N-dealkylation sites (tertiary alicyclic amines) is 1. The van der Waals surface area contributed by atoms with Crippen LogP contribution >= 0.6 is 24.8 Å². The van der Waals surface area contributed by atoms with Crippen molar-refractivity contribution in [2.24, 2.45) is 0 Å². The van der Waals surface area contributed by atoms with E-state index in [9.17, 15) is 4.79 Å². The highest BCUT2D eigenvalue weighted by molar-refractivity contribution is 5.94. The van der Waals surface area contributed by atoms with Crippen molar-refractivity contribution < 1.29 is 4.79 Å². The van der Waals surface area contributed by atoms with E-state index in [1.165, 1.54) is 50.9 Å². The predicted molar refractivity (Wildman–Crippen MR) is 133 cm³/mol. The Hall–Kier alpha value is -1.62. The molecule has 1 aromatic heterocycles. The largest absolute Gasteiger partial charge is 0.339 e. The van der Waals surface area contributed by atoms with Gasteiger partial charge < -0.3 is 9.80 Å². The van der Waals surface area contributed by atoms with Gasteiger partial charge in [0.15, 0.2) is 0 Å². The van der Waals surface area contributed by atoms with Crippen LogP contribution in [0, 0.1) is 0 Å². The van der Waals surface area contributed by atoms with Crippen molar-refractivity contribution in [2.45, 2.75) is 57.9 Å². The van der Waals surface area contributed by atoms with Gasteiger partial charge in [0, 0.05) is 48.1 Å². The van der Waals surface area contributed by atoms with E-state index < -0.39 is 0 Å². The van der Waals surface area contributed by atoms with E-state index in [2.05, 4.69) is 17.0 Å². The quantitative estimate of drug-likeness (QED) is 0.542. The standard InChI is InChI=1S/C25H33N3O.2ClH/c1-3-27(4-2)25(29)21-10-8-19(9-11-21)22-12-13-24(26-18-22)20-14-16-28(17-15-20)23-6-5-7-23;;/h8-13,18,20,23H,3-7,14-17H2,1-2H3;2*1H. The minimum atomic E-state index is 0. The average Bonchev–Trinajstić information content (AvgIpc) is 2.74. The molecule has 2 aromatic rings. The summed E-state index contributed by atoms with van der Waals surface area (Å²) in [7, 11) is 0. The normalized spacial score (nSPS) is 17.2. The number of hydrogen-bond donors (Lipinski definition) is 0. The molecule has 1 aromatic carbocycles. The Kier molecular flexibility index (Phi) is 9.80. The van der Waals surface area contributed by atoms with Crippen molar-refractivity contribution >= 4 is 30.7 Å². The summed E-state index contributed by atoms with van der Waals surface area (Å²) in [5.74, 6) is 0.692. The molecule has 1 saturated heterocycles. The summed E-state index contributed by atoms with van der Waals surface area (Å²) in [6, 6.07) is 13.2. The highest BCUT2D eigenvalue weighted by Crippen LogP contribution is 2.33. The van der Waals surface area contributed by atoms with Crippen LogP contribution in [0.25, 0.3) is 11.1 Å². The molecule has 170 valence electrons. The van der Waals surface area contributed by atoms with Crippen LogP contribution in [0.4, 0.5) is 0 Å². The zero-order chi connectivity index (χ0) is 20.2. The second kappa shape index (κ2) is 11.8. The lowest BCUT2D eigenvalue weighted by Gasteiger charge is -2.41. The second-order valence-corrected chi connectivity index (χ2v) is 8.42. The van der Waals surface area contributed by atoms with E-state index in [0.717, 1.165) is 35.8 Å². The van der Waals surface area contributed by atoms with Gasteiger partial charge >= 0.3 is 0 Å². The molecule has 1 aliphatic carbocycles. The molecule has 6 heteroatoms. The molecule has 1 aliphatic heterocycles. The molecular weight excluding hydrogens is 429 g/mol. The van der Waals surface area contributed by atoms with E-state index >= 15 is 0 Å². The van der Waals surface area contributed by atoms with Crippen molar-refractivity contribution in [3.05, 3.63) is 53.9 Å². The number of carbonyl (C=O) groups excluding carboxylic acids is 1. The molecular formula is C25H35Cl2N3O. The van der Waals surface area contributed by atoms with E-state index in [4.69, 9.17) is 4.98 Å². The van der Waals surface area contributed by atoms with E-state index in [0.29, 0.717) is 5.92 Å². The van der Waals surface area contributed by atoms with Crippen LogP contribution in [0.3, 0.4) is 0 Å². The number of benzene rings is 1. The number of nitrogens with zero attached hydrogens (tertiary/aromatic N) is 3. The summed E-state index contributed by atoms with van der Waals surface area (Å²) in [6.45, 7) is 7.95. The van der Waals surface area contributed by atoms with Crippen molar-refractivity contribution in [1.29, 1.82) is 0 Å². The van der Waals surface area contributed by atoms with Gasteiger partial charge in [0.25, 0.3) is 5.91 Å². The molecule has 2 fully saturated rings. The number of rotatable bonds is 6. The average molecular weight is 464 g/mol. The van der Waals surface area contributed by atoms with Crippen LogP contribution in [0.5, 0.6) is 0 Å². The van der Waals surface area contributed by atoms with Crippen LogP contribution in [-0.2, 0) is 0 Å². The van der Waals surface area contributed by atoms with E-state index in [-0.39, 0.29) is 30.7 Å². The molecule has 2 heterocycles. The molecule has 0 spiro atoms. The first-order valence-corrected chi connectivity index (χ1v) is 11.3. The van der Waals surface area contributed by atoms with Crippen LogP contribution in [0.1, 0.15) is 67.9 Å². The number of amides is 1. The van der Waals surface area contributed by atoms with Crippen molar-refractivity contribution in [3.63, 3.8) is 0 Å². The highest BCUT2D eigenvalue weighted by Gasteiger charge is 2.29. The van der Waals surface area contributed by atoms with Gasteiger partial charge in [-0.3, -0.25) is 9.78 Å². The van der Waals surface area contributed by atoms with Crippen molar-refractivity contribution in [1.82, 2.24) is 14.8 Å². The summed E-state index contributed by atoms with van der Waals surface area (Å²) in [5, 5.41) is 0. The fraction of sp³-hybridized carbons (Fsp3) is 0.520. The molecule has 0 bridgehead atoms. The number of hydrogen-bond acceptors (Lipinski definition) is 3. The van der Waals surface area contributed by atoms with Gasteiger partial charge in [0.1, 0.15) is 0 Å². The summed E-state index contributed by atoms with van der Waals surface area (Å²) in [5.41, 5.74) is 4.21. The lowest BCUT2D eigenvalue weighted by atomic mass is 9.86. The lowest BCUT2D eigenvalue weighted by Crippen LogP contribution is -2.44. The van der Waals surface area contributed by atoms with Gasteiger partial charge in [0.05, 0.1) is 0 Å². The van der Waals surface area contributed by atoms with Crippen molar-refractivity contribution in [2.75, 3.05) is 26.2 Å². The fourth-order valence-electron chi connectivity index (χ4n) is 4.63. The first-order valence-electron chi connectivity index (χ1n) is 11.3. The third-order valence-corrected chi connectivity index (χ3v) is 6.84. The van der Waals surface area contributed by atoms with E-state index in [1.807, 2.05) is 49.2 Å². The summed E-state index contributed by atoms with van der Waals surface area (Å²) < 4.78 is 0. The number of halogens is 2. The molecule has 31 heavy (non-hydrogen) atoms. The first kappa shape index (κ1) is 25.6. The number of aromatic nitrogens is 1. The van der Waals surface area contributed by atoms with Gasteiger partial charge in [-0.05, 0) is 76.4 Å². The Morgan fingerprint density at radius 1 is 0.935 bits per heavy atom. The zero-order valence-electron chi connectivity index (χ0n) is 18.6. The summed E-state index contributed by atoms with van der Waals surface area (Å²) >= 11 is 0. The molecule has 1 amide bonds. The molecule has 1 saturated carbocycles. The van der Waals surface area contributed by atoms with Crippen molar-refractivity contribution in [3.8, 4) is 11.1 Å². The van der Waals surface area contributed by atoms with Crippen LogP contribution in [-0.4, -0.2) is 52.9 Å². The first-order chi connectivity index (χ1) is 14.2. The Balaban J connectivity index is 0.00000171. The summed E-state index contributed by atoms with van der Waals surface area (Å²) in [6.07, 6.45) is 8.66. The maximum atomic E-state index is 12.5. The molecule has 0 N–H and O–H groups in total. The number of piperidine rings is 1. The Morgan fingerprint density at radius 3 is 2.03 bits per heavy atom. The molecule has 4 nitrogen and oxygen atoms in total. The predicted octanol–water partition coefficient (Wildman–Crippen LogP) is 5.81. The minimum Gasteiger partial charge on any atom is -0.339 e. The van der Waals surface area contributed by atoms with Gasteiger partial charge in [-0.2, -0.15) is 0 Å². The molecule has 0 atom stereocenters. The van der Waals surface area contributed by atoms with Crippen LogP contribution in [0.15, 0.2) is 42.6 Å². The highest BCUT2D eigenvalue weighted by atomic mass is 35.5. The van der Waals surface area contributed by atoms with Gasteiger partial charge in [-0.25, -0.2) is 0 Å². The maximum absolute atomic E-state index is 12.5. The summed E-state index contributed by atoms with van der Waals surface area (Å²) in [4.78, 5) is 21.8. The van der Waals surface area contributed by atoms with E-state index in [1.54, 1.807) is 0 Å². The lowest BCUT2D eigenvalue weighted by molar-refractivity contribution is 0.0773.